The Labute approximate surface area is 137 Å². The molecule has 1 aliphatic heterocycles. The Morgan fingerprint density at radius 3 is 2.65 bits per heavy atom. The molecule has 1 heterocycles. The number of ketones is 1. The quantitative estimate of drug-likeness (QED) is 0.698. The maximum atomic E-state index is 12.8. The lowest BCUT2D eigenvalue weighted by atomic mass is 10.0. The molecule has 1 aliphatic rings. The molecule has 1 unspecified atom stereocenters. The second kappa shape index (κ2) is 8.86. The first kappa shape index (κ1) is 17.7. The number of anilines is 1. The van der Waals surface area contributed by atoms with E-state index < -0.39 is 0 Å². The van der Waals surface area contributed by atoms with Gasteiger partial charge < -0.3 is 19.5 Å². The Hall–Kier alpha value is -1.63. The van der Waals surface area contributed by atoms with Crippen molar-refractivity contribution in [3.8, 4) is 5.75 Å². The van der Waals surface area contributed by atoms with Crippen LogP contribution >= 0.6 is 0 Å². The van der Waals surface area contributed by atoms with Gasteiger partial charge in [-0.1, -0.05) is 0 Å². The summed E-state index contributed by atoms with van der Waals surface area (Å²) in [5.41, 5.74) is 1.57. The standard InChI is InChI=1S/C17H26N2O4/c1-13(19(7-10-21-2)8-11-22-3)17(20)14-4-5-16-15(12-14)18-6-9-23-16/h4-5,12-13,18H,6-11H2,1-3H3. The van der Waals surface area contributed by atoms with Gasteiger partial charge in [0, 0.05) is 39.4 Å². The third-order valence-electron chi connectivity index (χ3n) is 4.03. The van der Waals surface area contributed by atoms with Crippen LogP contribution in [-0.2, 0) is 9.47 Å². The number of rotatable bonds is 9. The fourth-order valence-corrected chi connectivity index (χ4v) is 2.62. The van der Waals surface area contributed by atoms with Crippen molar-refractivity contribution in [1.29, 1.82) is 0 Å². The number of nitrogens with one attached hydrogen (secondary N) is 1. The summed E-state index contributed by atoms with van der Waals surface area (Å²) in [6.45, 7) is 5.89. The van der Waals surface area contributed by atoms with Gasteiger partial charge in [-0.3, -0.25) is 9.69 Å². The van der Waals surface area contributed by atoms with Crippen molar-refractivity contribution in [3.63, 3.8) is 0 Å². The molecule has 1 aromatic carbocycles. The Morgan fingerprint density at radius 1 is 1.30 bits per heavy atom. The summed E-state index contributed by atoms with van der Waals surface area (Å²) >= 11 is 0. The van der Waals surface area contributed by atoms with E-state index >= 15 is 0 Å². The topological polar surface area (TPSA) is 60.0 Å². The summed E-state index contributed by atoms with van der Waals surface area (Å²) in [6.07, 6.45) is 0. The molecule has 0 saturated heterocycles. The predicted octanol–water partition coefficient (Wildman–Crippen LogP) is 1.66. The highest BCUT2D eigenvalue weighted by Gasteiger charge is 2.23. The van der Waals surface area contributed by atoms with Gasteiger partial charge in [-0.2, -0.15) is 0 Å². The van der Waals surface area contributed by atoms with Crippen LogP contribution in [0.3, 0.4) is 0 Å². The van der Waals surface area contributed by atoms with Gasteiger partial charge in [0.25, 0.3) is 0 Å². The van der Waals surface area contributed by atoms with Gasteiger partial charge in [0.1, 0.15) is 12.4 Å². The first-order valence-electron chi connectivity index (χ1n) is 7.94. The number of nitrogens with zero attached hydrogens (tertiary/aromatic N) is 1. The fourth-order valence-electron chi connectivity index (χ4n) is 2.62. The summed E-state index contributed by atoms with van der Waals surface area (Å²) < 4.78 is 15.8. The zero-order valence-electron chi connectivity index (χ0n) is 14.1. The third kappa shape index (κ3) is 4.67. The van der Waals surface area contributed by atoms with Crippen molar-refractivity contribution in [2.75, 3.05) is 59.0 Å². The minimum absolute atomic E-state index is 0.0902. The smallest absolute Gasteiger partial charge is 0.179 e. The van der Waals surface area contributed by atoms with Gasteiger partial charge in [0.2, 0.25) is 0 Å². The molecule has 1 N–H and O–H groups in total. The number of hydrogen-bond donors (Lipinski definition) is 1. The van der Waals surface area contributed by atoms with Gasteiger partial charge >= 0.3 is 0 Å². The Kier molecular flexibility index (Phi) is 6.83. The lowest BCUT2D eigenvalue weighted by molar-refractivity contribution is 0.0687. The van der Waals surface area contributed by atoms with Crippen molar-refractivity contribution < 1.29 is 19.0 Å². The number of benzene rings is 1. The van der Waals surface area contributed by atoms with Crippen molar-refractivity contribution in [2.24, 2.45) is 0 Å². The van der Waals surface area contributed by atoms with Crippen LogP contribution in [0.25, 0.3) is 0 Å². The van der Waals surface area contributed by atoms with Gasteiger partial charge in [0.05, 0.1) is 24.9 Å². The normalized spacial score (nSPS) is 14.8. The van der Waals surface area contributed by atoms with Gasteiger partial charge in [-0.25, -0.2) is 0 Å². The molecular formula is C17H26N2O4. The van der Waals surface area contributed by atoms with E-state index in [1.807, 2.05) is 25.1 Å². The van der Waals surface area contributed by atoms with Gasteiger partial charge in [-0.05, 0) is 25.1 Å². The number of carbonyl (C=O) groups is 1. The van der Waals surface area contributed by atoms with Crippen LogP contribution in [0.2, 0.25) is 0 Å². The summed E-state index contributed by atoms with van der Waals surface area (Å²) in [6, 6.07) is 5.33. The van der Waals surface area contributed by atoms with Crippen molar-refractivity contribution in [3.05, 3.63) is 23.8 Å². The zero-order valence-corrected chi connectivity index (χ0v) is 14.1. The molecule has 0 aliphatic carbocycles. The molecule has 6 heteroatoms. The SMILES string of the molecule is COCCN(CCOC)C(C)C(=O)c1ccc2c(c1)NCCO2. The first-order chi connectivity index (χ1) is 11.2. The van der Waals surface area contributed by atoms with Crippen LogP contribution < -0.4 is 10.1 Å². The van der Waals surface area contributed by atoms with Crippen molar-refractivity contribution in [2.45, 2.75) is 13.0 Å². The van der Waals surface area contributed by atoms with Crippen LogP contribution in [0.1, 0.15) is 17.3 Å². The van der Waals surface area contributed by atoms with E-state index in [0.29, 0.717) is 38.5 Å². The van der Waals surface area contributed by atoms with E-state index in [2.05, 4.69) is 10.2 Å². The minimum atomic E-state index is -0.233. The lowest BCUT2D eigenvalue weighted by Gasteiger charge is -2.28. The first-order valence-corrected chi connectivity index (χ1v) is 7.94. The molecular weight excluding hydrogens is 296 g/mol. The molecule has 1 aromatic rings. The van der Waals surface area contributed by atoms with Crippen LogP contribution in [0.5, 0.6) is 5.75 Å². The molecule has 0 spiro atoms. The van der Waals surface area contributed by atoms with Crippen LogP contribution in [0.15, 0.2) is 18.2 Å². The van der Waals surface area contributed by atoms with E-state index in [0.717, 1.165) is 18.0 Å². The van der Waals surface area contributed by atoms with Gasteiger partial charge in [-0.15, -0.1) is 0 Å². The van der Waals surface area contributed by atoms with Crippen molar-refractivity contribution >= 4 is 11.5 Å². The largest absolute Gasteiger partial charge is 0.490 e. The second-order valence-electron chi connectivity index (χ2n) is 5.55. The molecule has 0 fully saturated rings. The molecule has 0 saturated carbocycles. The Morgan fingerprint density at radius 2 is 2.00 bits per heavy atom. The maximum Gasteiger partial charge on any atom is 0.179 e. The molecule has 0 amide bonds. The molecule has 23 heavy (non-hydrogen) atoms. The van der Waals surface area contributed by atoms with E-state index in [-0.39, 0.29) is 11.8 Å². The molecule has 2 rings (SSSR count). The van der Waals surface area contributed by atoms with Crippen molar-refractivity contribution in [1.82, 2.24) is 4.90 Å². The second-order valence-corrected chi connectivity index (χ2v) is 5.55. The maximum absolute atomic E-state index is 12.8. The van der Waals surface area contributed by atoms with Gasteiger partial charge in [0.15, 0.2) is 5.78 Å². The number of Topliss-reactive ketones (excluding diaryl/α,β-unsaturated/α-hetero) is 1. The number of ether oxygens (including phenoxy) is 3. The number of fused-ring (bicyclic) bond motifs is 1. The molecule has 6 nitrogen and oxygen atoms in total. The molecule has 0 aromatic heterocycles. The lowest BCUT2D eigenvalue weighted by Crippen LogP contribution is -2.42. The number of hydrogen-bond acceptors (Lipinski definition) is 6. The zero-order chi connectivity index (χ0) is 16.7. The van der Waals surface area contributed by atoms with E-state index in [1.54, 1.807) is 14.2 Å². The molecule has 0 radical (unpaired) electrons. The third-order valence-corrected chi connectivity index (χ3v) is 4.03. The highest BCUT2D eigenvalue weighted by Crippen LogP contribution is 2.28. The number of methoxy groups -OCH3 is 2. The highest BCUT2D eigenvalue weighted by atomic mass is 16.5. The Balaban J connectivity index is 2.09. The minimum Gasteiger partial charge on any atom is -0.490 e. The summed E-state index contributed by atoms with van der Waals surface area (Å²) in [5.74, 6) is 0.892. The van der Waals surface area contributed by atoms with Crippen LogP contribution in [-0.4, -0.2) is 70.4 Å². The fraction of sp³-hybridized carbons (Fsp3) is 0.588. The summed E-state index contributed by atoms with van der Waals surface area (Å²) in [4.78, 5) is 14.9. The highest BCUT2D eigenvalue weighted by molar-refractivity contribution is 6.01. The average molecular weight is 322 g/mol. The molecule has 128 valence electrons. The Bertz CT molecular complexity index is 513. The molecule has 0 bridgehead atoms. The summed E-state index contributed by atoms with van der Waals surface area (Å²) in [7, 11) is 3.33. The molecule has 1 atom stereocenters. The van der Waals surface area contributed by atoms with E-state index in [1.165, 1.54) is 0 Å². The average Bonchev–Trinajstić information content (AvgIpc) is 2.60. The number of carbonyl (C=O) groups excluding carboxylic acids is 1. The predicted molar refractivity (Wildman–Crippen MR) is 89.5 cm³/mol. The summed E-state index contributed by atoms with van der Waals surface area (Å²) in [5, 5.41) is 3.26. The van der Waals surface area contributed by atoms with Crippen LogP contribution in [0, 0.1) is 0 Å². The van der Waals surface area contributed by atoms with E-state index in [9.17, 15) is 4.79 Å². The monoisotopic (exact) mass is 322 g/mol. The van der Waals surface area contributed by atoms with E-state index in [4.69, 9.17) is 14.2 Å². The van der Waals surface area contributed by atoms with Crippen LogP contribution in [0.4, 0.5) is 5.69 Å².